The molecule has 0 unspecified atom stereocenters. The van der Waals surface area contributed by atoms with E-state index >= 15 is 0 Å². The molecule has 0 aromatic heterocycles. The van der Waals surface area contributed by atoms with Crippen molar-refractivity contribution in [3.8, 4) is 11.1 Å². The number of hydrogen-bond donors (Lipinski definition) is 2. The Kier molecular flexibility index (Phi) is 4.54. The van der Waals surface area contributed by atoms with Crippen molar-refractivity contribution in [3.63, 3.8) is 0 Å². The molecule has 0 spiro atoms. The first-order chi connectivity index (χ1) is 12.0. The molecule has 0 aliphatic rings. The monoisotopic (exact) mass is 353 g/mol. The maximum Gasteiger partial charge on any atom is 0.335 e. The molecule has 0 saturated carbocycles. The standard InChI is InChI=1S/C19H15NO4S/c21-19(22)16-6-10-17(11-7-16)20-25(23,24)18-12-8-15(9-13-18)14-4-2-1-3-5-14/h1-13,20H,(H,21,22). The molecule has 0 bridgehead atoms. The van der Waals surface area contributed by atoms with E-state index in [1.807, 2.05) is 30.3 Å². The van der Waals surface area contributed by atoms with Crippen molar-refractivity contribution in [2.24, 2.45) is 0 Å². The second kappa shape index (κ2) is 6.78. The Hall–Kier alpha value is -3.12. The van der Waals surface area contributed by atoms with Crippen LogP contribution in [0, 0.1) is 0 Å². The van der Waals surface area contributed by atoms with Crippen LogP contribution in [-0.2, 0) is 10.0 Å². The number of nitrogens with one attached hydrogen (secondary N) is 1. The van der Waals surface area contributed by atoms with Crippen molar-refractivity contribution >= 4 is 21.7 Å². The average Bonchev–Trinajstić information content (AvgIpc) is 2.63. The lowest BCUT2D eigenvalue weighted by atomic mass is 10.1. The van der Waals surface area contributed by atoms with Gasteiger partial charge in [0.1, 0.15) is 0 Å². The molecule has 126 valence electrons. The number of benzene rings is 3. The fraction of sp³-hybridized carbons (Fsp3) is 0. The summed E-state index contributed by atoms with van der Waals surface area (Å²) in [7, 11) is -3.74. The van der Waals surface area contributed by atoms with E-state index in [0.29, 0.717) is 5.69 Å². The number of carbonyl (C=O) groups is 1. The van der Waals surface area contributed by atoms with Gasteiger partial charge < -0.3 is 5.11 Å². The molecular weight excluding hydrogens is 338 g/mol. The molecule has 3 aromatic rings. The van der Waals surface area contributed by atoms with Crippen LogP contribution < -0.4 is 4.72 Å². The normalized spacial score (nSPS) is 11.0. The van der Waals surface area contributed by atoms with Crippen molar-refractivity contribution in [1.82, 2.24) is 0 Å². The topological polar surface area (TPSA) is 83.5 Å². The Balaban J connectivity index is 1.81. The van der Waals surface area contributed by atoms with E-state index in [4.69, 9.17) is 5.11 Å². The summed E-state index contributed by atoms with van der Waals surface area (Å²) in [6.45, 7) is 0. The summed E-state index contributed by atoms with van der Waals surface area (Å²) in [6, 6.07) is 21.8. The molecule has 3 rings (SSSR count). The van der Waals surface area contributed by atoms with E-state index in [2.05, 4.69) is 4.72 Å². The van der Waals surface area contributed by atoms with Gasteiger partial charge in [0.2, 0.25) is 0 Å². The first kappa shape index (κ1) is 16.7. The highest BCUT2D eigenvalue weighted by molar-refractivity contribution is 7.92. The second-order valence-electron chi connectivity index (χ2n) is 5.38. The van der Waals surface area contributed by atoms with Crippen molar-refractivity contribution < 1.29 is 18.3 Å². The second-order valence-corrected chi connectivity index (χ2v) is 7.06. The maximum absolute atomic E-state index is 12.4. The van der Waals surface area contributed by atoms with E-state index in [9.17, 15) is 13.2 Å². The van der Waals surface area contributed by atoms with Gasteiger partial charge in [-0.25, -0.2) is 13.2 Å². The van der Waals surface area contributed by atoms with Gasteiger partial charge in [0.15, 0.2) is 0 Å². The number of rotatable bonds is 5. The SMILES string of the molecule is O=C(O)c1ccc(NS(=O)(=O)c2ccc(-c3ccccc3)cc2)cc1. The van der Waals surface area contributed by atoms with E-state index in [1.54, 1.807) is 12.1 Å². The zero-order chi connectivity index (χ0) is 17.9. The molecule has 0 radical (unpaired) electrons. The van der Waals surface area contributed by atoms with E-state index in [1.165, 1.54) is 36.4 Å². The molecule has 0 aliphatic carbocycles. The van der Waals surface area contributed by atoms with Crippen molar-refractivity contribution in [2.45, 2.75) is 4.90 Å². The molecule has 5 nitrogen and oxygen atoms in total. The van der Waals surface area contributed by atoms with Gasteiger partial charge in [0.25, 0.3) is 10.0 Å². The number of sulfonamides is 1. The summed E-state index contributed by atoms with van der Waals surface area (Å²) >= 11 is 0. The van der Waals surface area contributed by atoms with Crippen LogP contribution >= 0.6 is 0 Å². The Labute approximate surface area is 145 Å². The van der Waals surface area contributed by atoms with Gasteiger partial charge in [-0.2, -0.15) is 0 Å². The minimum absolute atomic E-state index is 0.0927. The summed E-state index contributed by atoms with van der Waals surface area (Å²) in [5, 5.41) is 8.87. The molecule has 0 fully saturated rings. The van der Waals surface area contributed by atoms with Gasteiger partial charge in [-0.1, -0.05) is 42.5 Å². The largest absolute Gasteiger partial charge is 0.478 e. The fourth-order valence-corrected chi connectivity index (χ4v) is 3.41. The maximum atomic E-state index is 12.4. The number of hydrogen-bond acceptors (Lipinski definition) is 3. The van der Waals surface area contributed by atoms with Crippen LogP contribution in [0.1, 0.15) is 10.4 Å². The molecule has 0 amide bonds. The summed E-state index contributed by atoms with van der Waals surface area (Å²) in [4.78, 5) is 11.0. The van der Waals surface area contributed by atoms with E-state index < -0.39 is 16.0 Å². The smallest absolute Gasteiger partial charge is 0.335 e. The summed E-state index contributed by atoms with van der Waals surface area (Å²) in [6.07, 6.45) is 0. The Morgan fingerprint density at radius 2 is 1.32 bits per heavy atom. The Morgan fingerprint density at radius 1 is 0.760 bits per heavy atom. The molecule has 2 N–H and O–H groups in total. The lowest BCUT2D eigenvalue weighted by Gasteiger charge is -2.09. The summed E-state index contributed by atoms with van der Waals surface area (Å²) in [5.74, 6) is -1.06. The quantitative estimate of drug-likeness (QED) is 0.730. The predicted molar refractivity (Wildman–Crippen MR) is 96.1 cm³/mol. The Bertz CT molecular complexity index is 980. The van der Waals surface area contributed by atoms with Crippen molar-refractivity contribution in [2.75, 3.05) is 4.72 Å². The first-order valence-electron chi connectivity index (χ1n) is 7.47. The molecule has 6 heteroatoms. The first-order valence-corrected chi connectivity index (χ1v) is 8.96. The van der Waals surface area contributed by atoms with Crippen molar-refractivity contribution in [1.29, 1.82) is 0 Å². The lowest BCUT2D eigenvalue weighted by Crippen LogP contribution is -2.13. The highest BCUT2D eigenvalue weighted by atomic mass is 32.2. The molecule has 0 heterocycles. The third-order valence-electron chi connectivity index (χ3n) is 3.66. The highest BCUT2D eigenvalue weighted by Crippen LogP contribution is 2.22. The zero-order valence-corrected chi connectivity index (χ0v) is 13.9. The third kappa shape index (κ3) is 3.87. The van der Waals surface area contributed by atoms with Gasteiger partial charge in [-0.05, 0) is 47.5 Å². The van der Waals surface area contributed by atoms with Crippen molar-refractivity contribution in [3.05, 3.63) is 84.4 Å². The van der Waals surface area contributed by atoms with Gasteiger partial charge in [0.05, 0.1) is 10.5 Å². The van der Waals surface area contributed by atoms with Crippen LogP contribution in [-0.4, -0.2) is 19.5 Å². The Morgan fingerprint density at radius 3 is 1.88 bits per heavy atom. The highest BCUT2D eigenvalue weighted by Gasteiger charge is 2.14. The third-order valence-corrected chi connectivity index (χ3v) is 5.05. The lowest BCUT2D eigenvalue weighted by molar-refractivity contribution is 0.0697. The summed E-state index contributed by atoms with van der Waals surface area (Å²) in [5.41, 5.74) is 2.32. The molecule has 0 aliphatic heterocycles. The van der Waals surface area contributed by atoms with Crippen LogP contribution in [0.15, 0.2) is 83.8 Å². The van der Waals surface area contributed by atoms with Gasteiger partial charge >= 0.3 is 5.97 Å². The number of carboxylic acids is 1. The number of aromatic carboxylic acids is 1. The molecule has 0 atom stereocenters. The summed E-state index contributed by atoms with van der Waals surface area (Å²) < 4.78 is 27.3. The average molecular weight is 353 g/mol. The van der Waals surface area contributed by atoms with Crippen LogP contribution in [0.5, 0.6) is 0 Å². The molecular formula is C19H15NO4S. The number of anilines is 1. The van der Waals surface area contributed by atoms with E-state index in [-0.39, 0.29) is 10.5 Å². The molecule has 25 heavy (non-hydrogen) atoms. The van der Waals surface area contributed by atoms with E-state index in [0.717, 1.165) is 11.1 Å². The zero-order valence-electron chi connectivity index (χ0n) is 13.1. The predicted octanol–water partition coefficient (Wildman–Crippen LogP) is 3.85. The van der Waals surface area contributed by atoms with Crippen LogP contribution in [0.25, 0.3) is 11.1 Å². The molecule has 3 aromatic carbocycles. The minimum Gasteiger partial charge on any atom is -0.478 e. The van der Waals surface area contributed by atoms with Gasteiger partial charge in [0, 0.05) is 5.69 Å². The molecule has 0 saturated heterocycles. The van der Waals surface area contributed by atoms with Crippen LogP contribution in [0.2, 0.25) is 0 Å². The fourth-order valence-electron chi connectivity index (χ4n) is 2.35. The number of carboxylic acid groups (broad SMARTS) is 1. The van der Waals surface area contributed by atoms with Crippen LogP contribution in [0.4, 0.5) is 5.69 Å². The van der Waals surface area contributed by atoms with Gasteiger partial charge in [-0.3, -0.25) is 4.72 Å². The van der Waals surface area contributed by atoms with Crippen LogP contribution in [0.3, 0.4) is 0 Å². The minimum atomic E-state index is -3.74. The van der Waals surface area contributed by atoms with Gasteiger partial charge in [-0.15, -0.1) is 0 Å².